The molecule has 0 saturated heterocycles. The minimum absolute atomic E-state index is 0.182. The normalized spacial score (nSPS) is 16.6. The molecule has 0 bridgehead atoms. The van der Waals surface area contributed by atoms with Crippen molar-refractivity contribution in [2.75, 3.05) is 32.1 Å². The Morgan fingerprint density at radius 1 is 1.12 bits per heavy atom. The molecule has 25 heavy (non-hydrogen) atoms. The lowest BCUT2D eigenvalue weighted by molar-refractivity contribution is -0.119. The van der Waals surface area contributed by atoms with Gasteiger partial charge in [-0.05, 0) is 50.7 Å². The van der Waals surface area contributed by atoms with Crippen LogP contribution in [0.2, 0.25) is 0 Å². The van der Waals surface area contributed by atoms with Crippen LogP contribution in [0.4, 0.5) is 5.69 Å². The Balaban J connectivity index is 1.58. The second kappa shape index (κ2) is 8.17. The summed E-state index contributed by atoms with van der Waals surface area (Å²) < 4.78 is 5.68. The highest BCUT2D eigenvalue weighted by atomic mass is 16.5. The highest BCUT2D eigenvalue weighted by Gasteiger charge is 2.28. The number of carbonyl (C=O) groups is 1. The monoisotopic (exact) mass is 338 g/mol. The molecule has 0 fully saturated rings. The van der Waals surface area contributed by atoms with E-state index in [0.29, 0.717) is 19.1 Å². The Hall–Kier alpha value is -2.33. The fraction of sp³-hybridized carbons (Fsp3) is 0.381. The number of hydrogen-bond donors (Lipinski definition) is 0. The first kappa shape index (κ1) is 17.5. The van der Waals surface area contributed by atoms with Gasteiger partial charge < -0.3 is 14.5 Å². The van der Waals surface area contributed by atoms with Crippen LogP contribution in [0.5, 0.6) is 5.75 Å². The first-order valence-electron chi connectivity index (χ1n) is 8.90. The summed E-state index contributed by atoms with van der Waals surface area (Å²) in [6, 6.07) is 18.4. The number of amides is 1. The molecule has 1 atom stereocenters. The fourth-order valence-corrected chi connectivity index (χ4v) is 3.40. The first-order valence-corrected chi connectivity index (χ1v) is 8.90. The minimum Gasteiger partial charge on any atom is -0.494 e. The van der Waals surface area contributed by atoms with Crippen molar-refractivity contribution in [1.29, 1.82) is 0 Å². The zero-order valence-corrected chi connectivity index (χ0v) is 15.0. The number of nitrogens with zero attached hydrogens (tertiary/aromatic N) is 2. The van der Waals surface area contributed by atoms with E-state index in [2.05, 4.69) is 37.2 Å². The molecule has 4 heteroatoms. The number of para-hydroxylation sites is 2. The Morgan fingerprint density at radius 2 is 1.84 bits per heavy atom. The molecule has 0 radical (unpaired) electrons. The highest BCUT2D eigenvalue weighted by molar-refractivity contribution is 5.94. The molecule has 1 unspecified atom stereocenters. The van der Waals surface area contributed by atoms with E-state index in [1.54, 1.807) is 0 Å². The number of carbonyl (C=O) groups excluding carboxylic acids is 1. The van der Waals surface area contributed by atoms with Crippen molar-refractivity contribution < 1.29 is 9.53 Å². The van der Waals surface area contributed by atoms with Crippen molar-refractivity contribution in [2.45, 2.75) is 25.3 Å². The van der Waals surface area contributed by atoms with Crippen LogP contribution >= 0.6 is 0 Å². The maximum Gasteiger partial charge on any atom is 0.227 e. The van der Waals surface area contributed by atoms with Gasteiger partial charge in [-0.25, -0.2) is 0 Å². The molecule has 2 aromatic carbocycles. The number of fused-ring (bicyclic) bond motifs is 1. The lowest BCUT2D eigenvalue weighted by atomic mass is 9.95. The van der Waals surface area contributed by atoms with Gasteiger partial charge in [-0.1, -0.05) is 36.4 Å². The van der Waals surface area contributed by atoms with Gasteiger partial charge in [0.15, 0.2) is 0 Å². The summed E-state index contributed by atoms with van der Waals surface area (Å²) in [7, 11) is 4.19. The summed E-state index contributed by atoms with van der Waals surface area (Å²) >= 11 is 0. The molecule has 4 nitrogen and oxygen atoms in total. The lowest BCUT2D eigenvalue weighted by Gasteiger charge is -2.37. The van der Waals surface area contributed by atoms with Gasteiger partial charge in [0.1, 0.15) is 5.75 Å². The molecule has 0 aromatic heterocycles. The molecule has 2 aromatic rings. The second-order valence-electron chi connectivity index (χ2n) is 6.64. The smallest absolute Gasteiger partial charge is 0.227 e. The predicted octanol–water partition coefficient (Wildman–Crippen LogP) is 3.89. The van der Waals surface area contributed by atoms with Gasteiger partial charge in [0.2, 0.25) is 5.91 Å². The average molecular weight is 338 g/mol. The molecule has 1 heterocycles. The number of benzene rings is 2. The van der Waals surface area contributed by atoms with E-state index >= 15 is 0 Å². The highest BCUT2D eigenvalue weighted by Crippen LogP contribution is 2.36. The van der Waals surface area contributed by atoms with Crippen LogP contribution in [-0.2, 0) is 4.79 Å². The van der Waals surface area contributed by atoms with Crippen molar-refractivity contribution in [3.8, 4) is 5.75 Å². The van der Waals surface area contributed by atoms with Crippen LogP contribution in [0.15, 0.2) is 54.6 Å². The summed E-state index contributed by atoms with van der Waals surface area (Å²) in [5.41, 5.74) is 2.30. The van der Waals surface area contributed by atoms with Gasteiger partial charge in [-0.3, -0.25) is 4.79 Å². The van der Waals surface area contributed by atoms with E-state index < -0.39 is 0 Å². The number of ether oxygens (including phenoxy) is 1. The van der Waals surface area contributed by atoms with Crippen LogP contribution in [0.3, 0.4) is 0 Å². The van der Waals surface area contributed by atoms with Gasteiger partial charge in [-0.15, -0.1) is 0 Å². The zero-order valence-electron chi connectivity index (χ0n) is 15.0. The predicted molar refractivity (Wildman–Crippen MR) is 101 cm³/mol. The number of hydrogen-bond acceptors (Lipinski definition) is 3. The average Bonchev–Trinajstić information content (AvgIpc) is 2.65. The number of rotatable bonds is 6. The fourth-order valence-electron chi connectivity index (χ4n) is 3.40. The maximum absolute atomic E-state index is 12.7. The molecule has 0 aliphatic carbocycles. The van der Waals surface area contributed by atoms with E-state index in [1.165, 1.54) is 5.56 Å². The molecule has 0 N–H and O–H groups in total. The van der Waals surface area contributed by atoms with Gasteiger partial charge in [0.25, 0.3) is 0 Å². The van der Waals surface area contributed by atoms with E-state index in [4.69, 9.17) is 4.74 Å². The summed E-state index contributed by atoms with van der Waals surface area (Å²) in [4.78, 5) is 16.9. The van der Waals surface area contributed by atoms with Crippen molar-refractivity contribution in [3.63, 3.8) is 0 Å². The number of anilines is 1. The largest absolute Gasteiger partial charge is 0.494 e. The molecule has 3 rings (SSSR count). The third-order valence-corrected chi connectivity index (χ3v) is 4.68. The molecule has 0 spiro atoms. The van der Waals surface area contributed by atoms with E-state index in [0.717, 1.165) is 30.8 Å². The van der Waals surface area contributed by atoms with E-state index in [1.807, 2.05) is 41.3 Å². The molecule has 1 aliphatic rings. The van der Waals surface area contributed by atoms with Crippen LogP contribution in [-0.4, -0.2) is 38.1 Å². The molecule has 1 amide bonds. The summed E-state index contributed by atoms with van der Waals surface area (Å²) in [5.74, 6) is 1.04. The van der Waals surface area contributed by atoms with E-state index in [9.17, 15) is 4.79 Å². The van der Waals surface area contributed by atoms with E-state index in [-0.39, 0.29) is 5.91 Å². The van der Waals surface area contributed by atoms with Crippen LogP contribution in [0.1, 0.15) is 30.9 Å². The van der Waals surface area contributed by atoms with Crippen LogP contribution in [0.25, 0.3) is 0 Å². The van der Waals surface area contributed by atoms with Crippen LogP contribution < -0.4 is 9.64 Å². The molecular formula is C21H26N2O2. The molecule has 0 saturated carbocycles. The summed E-state index contributed by atoms with van der Waals surface area (Å²) in [6.45, 7) is 1.34. The van der Waals surface area contributed by atoms with Gasteiger partial charge in [0.05, 0.1) is 6.61 Å². The molecule has 132 valence electrons. The maximum atomic E-state index is 12.7. The second-order valence-corrected chi connectivity index (χ2v) is 6.64. The Labute approximate surface area is 150 Å². The molecule has 1 aliphatic heterocycles. The lowest BCUT2D eigenvalue weighted by Crippen LogP contribution is -2.39. The minimum atomic E-state index is 0.182. The Morgan fingerprint density at radius 3 is 2.60 bits per heavy atom. The third-order valence-electron chi connectivity index (χ3n) is 4.68. The van der Waals surface area contributed by atoms with Crippen molar-refractivity contribution >= 4 is 11.6 Å². The topological polar surface area (TPSA) is 32.8 Å². The van der Waals surface area contributed by atoms with Crippen LogP contribution in [0, 0.1) is 0 Å². The van der Waals surface area contributed by atoms with Gasteiger partial charge in [-0.2, -0.15) is 0 Å². The first-order chi connectivity index (χ1) is 12.2. The Kier molecular flexibility index (Phi) is 5.71. The van der Waals surface area contributed by atoms with Crippen molar-refractivity contribution in [3.05, 3.63) is 60.2 Å². The quantitative estimate of drug-likeness (QED) is 0.749. The van der Waals surface area contributed by atoms with Crippen molar-refractivity contribution in [2.24, 2.45) is 0 Å². The standard InChI is InChI=1S/C21H26N2O2/c1-22(2)19-14-15-23(20-12-7-6-11-18(19)20)21(24)13-8-16-25-17-9-4-3-5-10-17/h3-7,9-12,19H,8,13-16H2,1-2H3. The summed E-state index contributed by atoms with van der Waals surface area (Å²) in [5, 5.41) is 0. The molecular weight excluding hydrogens is 312 g/mol. The summed E-state index contributed by atoms with van der Waals surface area (Å²) in [6.07, 6.45) is 2.20. The van der Waals surface area contributed by atoms with Crippen molar-refractivity contribution in [1.82, 2.24) is 4.90 Å². The zero-order chi connectivity index (χ0) is 17.6. The van der Waals surface area contributed by atoms with Gasteiger partial charge >= 0.3 is 0 Å². The SMILES string of the molecule is CN(C)C1CCN(C(=O)CCCOc2ccccc2)c2ccccc21. The Bertz CT molecular complexity index is 700. The third kappa shape index (κ3) is 4.20. The van der Waals surface area contributed by atoms with Gasteiger partial charge in [0, 0.05) is 24.7 Å².